The van der Waals surface area contributed by atoms with Gasteiger partial charge in [-0.2, -0.15) is 0 Å². The molecule has 0 aliphatic rings. The zero-order chi connectivity index (χ0) is 11.6. The van der Waals surface area contributed by atoms with Gasteiger partial charge in [0, 0.05) is 0 Å². The molecular formula is C12H20S2Sn. The van der Waals surface area contributed by atoms with Gasteiger partial charge in [-0.25, -0.2) is 0 Å². The predicted molar refractivity (Wildman–Crippen MR) is 79.0 cm³/mol. The van der Waals surface area contributed by atoms with E-state index in [0.717, 1.165) is 23.0 Å². The predicted octanol–water partition coefficient (Wildman–Crippen LogP) is 3.29. The summed E-state index contributed by atoms with van der Waals surface area (Å²) in [6.45, 7) is 4.34. The molecular weight excluding hydrogens is 327 g/mol. The third-order valence-electron chi connectivity index (χ3n) is 1.56. The van der Waals surface area contributed by atoms with Gasteiger partial charge in [0.1, 0.15) is 0 Å². The third kappa shape index (κ3) is 10.9. The molecule has 0 aromatic carbocycles. The Hall–Kier alpha value is 0.619. The van der Waals surface area contributed by atoms with Crippen molar-refractivity contribution in [1.82, 2.24) is 0 Å². The van der Waals surface area contributed by atoms with Gasteiger partial charge in [0.25, 0.3) is 0 Å². The van der Waals surface area contributed by atoms with Crippen LogP contribution in [0.2, 0.25) is 9.88 Å². The topological polar surface area (TPSA) is 0 Å². The van der Waals surface area contributed by atoms with Gasteiger partial charge in [0.15, 0.2) is 0 Å². The first kappa shape index (κ1) is 15.6. The van der Waals surface area contributed by atoms with Gasteiger partial charge in [0.2, 0.25) is 0 Å². The van der Waals surface area contributed by atoms with Crippen molar-refractivity contribution in [2.75, 3.05) is 23.0 Å². The standard InChI is InChI=1S/2C5H7S.2CH3.Sn/c2*1-3-5-6-4-2;;;/h2*4-5H2,2H3;2*1H3;. The molecule has 84 valence electrons. The average molecular weight is 347 g/mol. The van der Waals surface area contributed by atoms with E-state index in [-0.39, 0.29) is 0 Å². The van der Waals surface area contributed by atoms with Crippen LogP contribution in [-0.2, 0) is 0 Å². The van der Waals surface area contributed by atoms with Crippen LogP contribution in [0.4, 0.5) is 0 Å². The van der Waals surface area contributed by atoms with E-state index in [1.54, 1.807) is 0 Å². The normalized spacial score (nSPS) is 9.87. The van der Waals surface area contributed by atoms with Crippen molar-refractivity contribution in [3.8, 4) is 19.7 Å². The maximum absolute atomic E-state index is 3.43. The Bertz CT molecular complexity index is 247. The molecule has 0 saturated carbocycles. The fraction of sp³-hybridized carbons (Fsp3) is 0.667. The second kappa shape index (κ2) is 9.82. The van der Waals surface area contributed by atoms with E-state index in [1.165, 1.54) is 0 Å². The first-order valence-electron chi connectivity index (χ1n) is 5.28. The van der Waals surface area contributed by atoms with Gasteiger partial charge in [0.05, 0.1) is 0 Å². The molecule has 0 bridgehead atoms. The second-order valence-corrected chi connectivity index (χ2v) is 16.8. The van der Waals surface area contributed by atoms with Crippen molar-refractivity contribution in [2.24, 2.45) is 0 Å². The Morgan fingerprint density at radius 2 is 1.27 bits per heavy atom. The first-order chi connectivity index (χ1) is 7.12. The summed E-state index contributed by atoms with van der Waals surface area (Å²) in [4.78, 5) is 4.59. The summed E-state index contributed by atoms with van der Waals surface area (Å²) in [5, 5.41) is 0. The van der Waals surface area contributed by atoms with E-state index in [2.05, 4.69) is 43.4 Å². The molecule has 0 N–H and O–H groups in total. The Morgan fingerprint density at radius 3 is 1.60 bits per heavy atom. The number of thioether (sulfide) groups is 2. The molecule has 0 aromatic rings. The summed E-state index contributed by atoms with van der Waals surface area (Å²) >= 11 is 1.51. The Balaban J connectivity index is 4.01. The van der Waals surface area contributed by atoms with Crippen LogP contribution in [0, 0.1) is 19.7 Å². The Kier molecular flexibility index (Phi) is 10.2. The van der Waals surface area contributed by atoms with E-state index in [0.29, 0.717) is 0 Å². The van der Waals surface area contributed by atoms with E-state index in [9.17, 15) is 0 Å². The van der Waals surface area contributed by atoms with Gasteiger partial charge >= 0.3 is 108 Å². The van der Waals surface area contributed by atoms with E-state index in [4.69, 9.17) is 0 Å². The van der Waals surface area contributed by atoms with Crippen LogP contribution in [0.1, 0.15) is 13.8 Å². The molecule has 0 amide bonds. The fourth-order valence-electron chi connectivity index (χ4n) is 0.852. The molecule has 0 radical (unpaired) electrons. The zero-order valence-electron chi connectivity index (χ0n) is 10.1. The minimum atomic E-state index is -2.27. The monoisotopic (exact) mass is 348 g/mol. The molecule has 0 unspecified atom stereocenters. The molecule has 0 atom stereocenters. The van der Waals surface area contributed by atoms with E-state index < -0.39 is 18.4 Å². The van der Waals surface area contributed by atoms with Crippen molar-refractivity contribution < 1.29 is 0 Å². The van der Waals surface area contributed by atoms with Crippen LogP contribution in [0.5, 0.6) is 0 Å². The summed E-state index contributed by atoms with van der Waals surface area (Å²) in [5.74, 6) is 10.8. The summed E-state index contributed by atoms with van der Waals surface area (Å²) < 4.78 is 6.85. The second-order valence-electron chi connectivity index (χ2n) is 3.50. The minimum absolute atomic E-state index is 0.974. The molecule has 0 rings (SSSR count). The summed E-state index contributed by atoms with van der Waals surface area (Å²) in [6, 6.07) is 0. The number of hydrogen-bond acceptors (Lipinski definition) is 2. The molecule has 0 aliphatic carbocycles. The van der Waals surface area contributed by atoms with Gasteiger partial charge in [-0.1, -0.05) is 0 Å². The van der Waals surface area contributed by atoms with Gasteiger partial charge < -0.3 is 0 Å². The molecule has 0 nitrogen and oxygen atoms in total. The molecule has 0 heterocycles. The third-order valence-corrected chi connectivity index (χ3v) is 7.65. The van der Waals surface area contributed by atoms with Crippen LogP contribution in [-0.4, -0.2) is 41.4 Å². The van der Waals surface area contributed by atoms with Crippen molar-refractivity contribution in [3.63, 3.8) is 0 Å². The van der Waals surface area contributed by atoms with Crippen molar-refractivity contribution in [3.05, 3.63) is 0 Å². The molecule has 0 spiro atoms. The summed E-state index contributed by atoms with van der Waals surface area (Å²) in [7, 11) is 0. The molecule has 0 aromatic heterocycles. The van der Waals surface area contributed by atoms with Gasteiger partial charge in [-0.15, -0.1) is 0 Å². The van der Waals surface area contributed by atoms with E-state index >= 15 is 0 Å². The molecule has 0 fully saturated rings. The average Bonchev–Trinajstić information content (AvgIpc) is 2.20. The van der Waals surface area contributed by atoms with Crippen molar-refractivity contribution in [2.45, 2.75) is 23.7 Å². The Morgan fingerprint density at radius 1 is 0.867 bits per heavy atom. The van der Waals surface area contributed by atoms with Crippen LogP contribution in [0.25, 0.3) is 0 Å². The fourth-order valence-corrected chi connectivity index (χ4v) is 5.55. The van der Waals surface area contributed by atoms with Crippen LogP contribution in [0.3, 0.4) is 0 Å². The molecule has 0 aliphatic heterocycles. The number of hydrogen-bond donors (Lipinski definition) is 0. The zero-order valence-corrected chi connectivity index (χ0v) is 14.6. The van der Waals surface area contributed by atoms with Crippen molar-refractivity contribution >= 4 is 41.9 Å². The maximum atomic E-state index is 3.43. The summed E-state index contributed by atoms with van der Waals surface area (Å²) in [5.41, 5.74) is 0. The molecule has 3 heteroatoms. The van der Waals surface area contributed by atoms with Crippen LogP contribution < -0.4 is 0 Å². The summed E-state index contributed by atoms with van der Waals surface area (Å²) in [6.07, 6.45) is 0. The van der Waals surface area contributed by atoms with Crippen LogP contribution >= 0.6 is 23.5 Å². The quantitative estimate of drug-likeness (QED) is 0.435. The number of rotatable bonds is 4. The van der Waals surface area contributed by atoms with E-state index in [1.807, 2.05) is 23.5 Å². The first-order valence-corrected chi connectivity index (χ1v) is 16.1. The SMILES string of the molecule is CCSCC#[C][Sn]([CH3])([CH3])[C]#CCSCC. The van der Waals surface area contributed by atoms with Crippen LogP contribution in [0.15, 0.2) is 0 Å². The van der Waals surface area contributed by atoms with Gasteiger partial charge in [-0.3, -0.25) is 0 Å². The van der Waals surface area contributed by atoms with Gasteiger partial charge in [-0.05, 0) is 0 Å². The van der Waals surface area contributed by atoms with Crippen molar-refractivity contribution in [1.29, 1.82) is 0 Å². The molecule has 15 heavy (non-hydrogen) atoms. The molecule has 0 saturated heterocycles. The Labute approximate surface area is 108 Å².